The van der Waals surface area contributed by atoms with Crippen LogP contribution in [-0.4, -0.2) is 29.9 Å². The Labute approximate surface area is 120 Å². The van der Waals surface area contributed by atoms with E-state index in [0.29, 0.717) is 24.8 Å². The molecular weight excluding hydrogens is 254 g/mol. The number of carboxylic acids is 1. The summed E-state index contributed by atoms with van der Waals surface area (Å²) < 4.78 is 0. The van der Waals surface area contributed by atoms with Gasteiger partial charge in [0.05, 0.1) is 0 Å². The fraction of sp³-hybridized carbons (Fsp3) is 0.500. The van der Waals surface area contributed by atoms with Crippen molar-refractivity contribution in [3.63, 3.8) is 0 Å². The van der Waals surface area contributed by atoms with Crippen LogP contribution in [-0.2, 0) is 4.79 Å². The summed E-state index contributed by atoms with van der Waals surface area (Å²) in [4.78, 5) is 24.6. The van der Waals surface area contributed by atoms with Gasteiger partial charge in [-0.05, 0) is 51.0 Å². The quantitative estimate of drug-likeness (QED) is 0.555. The Balaban J connectivity index is 2.51. The molecule has 0 aliphatic rings. The van der Waals surface area contributed by atoms with Gasteiger partial charge in [0, 0.05) is 37.2 Å². The lowest BCUT2D eigenvalue weighted by atomic mass is 10.0. The highest BCUT2D eigenvalue weighted by Crippen LogP contribution is 2.16. The zero-order chi connectivity index (χ0) is 15.0. The molecule has 0 bridgehead atoms. The number of hydrogen-bond donors (Lipinski definition) is 1. The molecule has 0 unspecified atom stereocenters. The minimum absolute atomic E-state index is 0.0847. The Morgan fingerprint density at radius 2 is 1.55 bits per heavy atom. The van der Waals surface area contributed by atoms with Gasteiger partial charge in [-0.2, -0.15) is 0 Å². The lowest BCUT2D eigenvalue weighted by molar-refractivity contribution is -0.137. The first-order valence-electron chi connectivity index (χ1n) is 7.18. The number of nitrogens with zero attached hydrogens (tertiary/aromatic N) is 1. The first kappa shape index (κ1) is 16.2. The topological polar surface area (TPSA) is 57.6 Å². The van der Waals surface area contributed by atoms with Gasteiger partial charge in [-0.15, -0.1) is 0 Å². The van der Waals surface area contributed by atoms with Crippen LogP contribution in [0, 0.1) is 0 Å². The van der Waals surface area contributed by atoms with E-state index in [9.17, 15) is 9.59 Å². The van der Waals surface area contributed by atoms with E-state index in [-0.39, 0.29) is 12.2 Å². The van der Waals surface area contributed by atoms with Gasteiger partial charge in [-0.25, -0.2) is 0 Å². The zero-order valence-electron chi connectivity index (χ0n) is 12.3. The predicted molar refractivity (Wildman–Crippen MR) is 80.4 cm³/mol. The molecule has 0 radical (unpaired) electrons. The summed E-state index contributed by atoms with van der Waals surface area (Å²) >= 11 is 0. The summed E-state index contributed by atoms with van der Waals surface area (Å²) in [6.45, 7) is 6.09. The molecule has 0 aliphatic heterocycles. The van der Waals surface area contributed by atoms with Gasteiger partial charge in [0.15, 0.2) is 5.78 Å². The molecule has 0 aromatic heterocycles. The number of rotatable bonds is 9. The van der Waals surface area contributed by atoms with Crippen molar-refractivity contribution < 1.29 is 14.7 Å². The number of aliphatic carboxylic acids is 1. The second-order valence-electron chi connectivity index (χ2n) is 4.74. The van der Waals surface area contributed by atoms with E-state index < -0.39 is 5.97 Å². The summed E-state index contributed by atoms with van der Waals surface area (Å²) in [7, 11) is 0. The fourth-order valence-corrected chi connectivity index (χ4v) is 2.15. The maximum absolute atomic E-state index is 11.9. The summed E-state index contributed by atoms with van der Waals surface area (Å²) in [5.74, 6) is -0.720. The van der Waals surface area contributed by atoms with E-state index in [2.05, 4.69) is 18.7 Å². The molecule has 0 heterocycles. The molecule has 1 rings (SSSR count). The van der Waals surface area contributed by atoms with E-state index in [4.69, 9.17) is 5.11 Å². The van der Waals surface area contributed by atoms with Crippen LogP contribution in [0.3, 0.4) is 0 Å². The highest BCUT2D eigenvalue weighted by atomic mass is 16.4. The third-order valence-corrected chi connectivity index (χ3v) is 3.36. The van der Waals surface area contributed by atoms with Gasteiger partial charge in [0.2, 0.25) is 0 Å². The monoisotopic (exact) mass is 277 g/mol. The highest BCUT2D eigenvalue weighted by Gasteiger charge is 2.08. The van der Waals surface area contributed by atoms with Crippen molar-refractivity contribution in [1.29, 1.82) is 0 Å². The van der Waals surface area contributed by atoms with Crippen molar-refractivity contribution in [2.45, 2.75) is 39.5 Å². The number of carbonyl (C=O) groups excluding carboxylic acids is 1. The Bertz CT molecular complexity index is 436. The van der Waals surface area contributed by atoms with Crippen molar-refractivity contribution in [1.82, 2.24) is 0 Å². The first-order valence-corrected chi connectivity index (χ1v) is 7.18. The SMILES string of the molecule is CCN(CC)c1ccc(C(=O)CCCCC(=O)O)cc1. The molecular formula is C16H23NO3. The van der Waals surface area contributed by atoms with Gasteiger partial charge in [-0.3, -0.25) is 9.59 Å². The minimum Gasteiger partial charge on any atom is -0.481 e. The smallest absolute Gasteiger partial charge is 0.303 e. The van der Waals surface area contributed by atoms with Crippen molar-refractivity contribution in [2.24, 2.45) is 0 Å². The maximum Gasteiger partial charge on any atom is 0.303 e. The van der Waals surface area contributed by atoms with E-state index >= 15 is 0 Å². The van der Waals surface area contributed by atoms with Gasteiger partial charge in [0.1, 0.15) is 0 Å². The molecule has 20 heavy (non-hydrogen) atoms. The number of benzene rings is 1. The van der Waals surface area contributed by atoms with E-state index in [1.807, 2.05) is 24.3 Å². The van der Waals surface area contributed by atoms with Crippen LogP contribution in [0.4, 0.5) is 5.69 Å². The van der Waals surface area contributed by atoms with Crippen molar-refractivity contribution >= 4 is 17.4 Å². The number of unbranched alkanes of at least 4 members (excludes halogenated alkanes) is 1. The molecule has 0 amide bonds. The summed E-state index contributed by atoms with van der Waals surface area (Å²) in [6, 6.07) is 7.65. The van der Waals surface area contributed by atoms with Crippen LogP contribution in [0.2, 0.25) is 0 Å². The molecule has 1 N–H and O–H groups in total. The molecule has 0 fully saturated rings. The maximum atomic E-state index is 11.9. The van der Waals surface area contributed by atoms with Crippen LogP contribution in [0.25, 0.3) is 0 Å². The fourth-order valence-electron chi connectivity index (χ4n) is 2.15. The van der Waals surface area contributed by atoms with E-state index in [1.165, 1.54) is 0 Å². The summed E-state index contributed by atoms with van der Waals surface area (Å²) in [5, 5.41) is 8.54. The molecule has 0 spiro atoms. The van der Waals surface area contributed by atoms with Crippen molar-refractivity contribution in [2.75, 3.05) is 18.0 Å². The molecule has 4 nitrogen and oxygen atoms in total. The van der Waals surface area contributed by atoms with Gasteiger partial charge >= 0.3 is 5.97 Å². The number of carboxylic acid groups (broad SMARTS) is 1. The van der Waals surface area contributed by atoms with Crippen LogP contribution < -0.4 is 4.90 Å². The molecule has 0 saturated carbocycles. The highest BCUT2D eigenvalue weighted by molar-refractivity contribution is 5.96. The largest absolute Gasteiger partial charge is 0.481 e. The molecule has 110 valence electrons. The zero-order valence-corrected chi connectivity index (χ0v) is 12.3. The van der Waals surface area contributed by atoms with E-state index in [0.717, 1.165) is 18.8 Å². The normalized spacial score (nSPS) is 10.3. The number of anilines is 1. The van der Waals surface area contributed by atoms with Crippen molar-refractivity contribution in [3.05, 3.63) is 29.8 Å². The van der Waals surface area contributed by atoms with Crippen LogP contribution in [0.5, 0.6) is 0 Å². The van der Waals surface area contributed by atoms with E-state index in [1.54, 1.807) is 0 Å². The Hall–Kier alpha value is -1.84. The molecule has 0 atom stereocenters. The lowest BCUT2D eigenvalue weighted by Crippen LogP contribution is -2.21. The minimum atomic E-state index is -0.805. The molecule has 0 aliphatic carbocycles. The third kappa shape index (κ3) is 5.03. The second kappa shape index (κ2) is 8.35. The second-order valence-corrected chi connectivity index (χ2v) is 4.74. The number of ketones is 1. The number of carbonyl (C=O) groups is 2. The number of hydrogen-bond acceptors (Lipinski definition) is 3. The predicted octanol–water partition coefficient (Wildman–Crippen LogP) is 3.36. The van der Waals surface area contributed by atoms with Crippen LogP contribution in [0.15, 0.2) is 24.3 Å². The standard InChI is InChI=1S/C16H23NO3/c1-3-17(4-2)14-11-9-13(10-12-14)15(18)7-5-6-8-16(19)20/h9-12H,3-8H2,1-2H3,(H,19,20). The Kier molecular flexibility index (Phi) is 6.77. The average molecular weight is 277 g/mol. The Morgan fingerprint density at radius 1 is 1.00 bits per heavy atom. The molecule has 1 aromatic rings. The average Bonchev–Trinajstić information content (AvgIpc) is 2.45. The Morgan fingerprint density at radius 3 is 2.05 bits per heavy atom. The molecule has 0 saturated heterocycles. The van der Waals surface area contributed by atoms with Crippen LogP contribution >= 0.6 is 0 Å². The molecule has 1 aromatic carbocycles. The summed E-state index contributed by atoms with van der Waals surface area (Å²) in [5.41, 5.74) is 1.83. The van der Waals surface area contributed by atoms with Crippen molar-refractivity contribution in [3.8, 4) is 0 Å². The van der Waals surface area contributed by atoms with Crippen LogP contribution in [0.1, 0.15) is 49.9 Å². The first-order chi connectivity index (χ1) is 9.58. The third-order valence-electron chi connectivity index (χ3n) is 3.36. The van der Waals surface area contributed by atoms with Gasteiger partial charge in [-0.1, -0.05) is 0 Å². The van der Waals surface area contributed by atoms with Gasteiger partial charge < -0.3 is 10.0 Å². The summed E-state index contributed by atoms with van der Waals surface area (Å²) in [6.07, 6.45) is 1.73. The lowest BCUT2D eigenvalue weighted by Gasteiger charge is -2.21. The van der Waals surface area contributed by atoms with Gasteiger partial charge in [0.25, 0.3) is 0 Å². The molecule has 4 heteroatoms. The number of Topliss-reactive ketones (excluding diaryl/α,β-unsaturated/α-hetero) is 1.